The third-order valence-electron chi connectivity index (χ3n) is 2.41. The van der Waals surface area contributed by atoms with Crippen LogP contribution < -0.4 is 4.74 Å². The van der Waals surface area contributed by atoms with E-state index >= 15 is 0 Å². The molecule has 0 radical (unpaired) electrons. The van der Waals surface area contributed by atoms with E-state index < -0.39 is 30.9 Å². The molecule has 21 heavy (non-hydrogen) atoms. The van der Waals surface area contributed by atoms with Crippen LogP contribution in [0.1, 0.15) is 10.4 Å². The van der Waals surface area contributed by atoms with Crippen molar-refractivity contribution >= 4 is 12.3 Å². The molecule has 0 saturated carbocycles. The molecule has 0 aliphatic heterocycles. The second-order valence-corrected chi connectivity index (χ2v) is 3.87. The fraction of sp³-hybridized carbons (Fsp3) is 0.385. The van der Waals surface area contributed by atoms with Gasteiger partial charge in [0.05, 0.1) is 13.7 Å². The maximum Gasteiger partial charge on any atom is 0.339 e. The van der Waals surface area contributed by atoms with Gasteiger partial charge in [-0.3, -0.25) is 0 Å². The number of aliphatic hydroxyl groups excluding tert-OH is 4. The van der Waals surface area contributed by atoms with E-state index in [9.17, 15) is 9.59 Å². The van der Waals surface area contributed by atoms with Gasteiger partial charge in [0.15, 0.2) is 6.29 Å². The highest BCUT2D eigenvalue weighted by atomic mass is 16.5. The lowest BCUT2D eigenvalue weighted by Crippen LogP contribution is -2.40. The maximum atomic E-state index is 10.5. The molecule has 0 aliphatic rings. The number of aromatic carboxylic acids is 1. The summed E-state index contributed by atoms with van der Waals surface area (Å²) >= 11 is 0. The molecule has 8 heteroatoms. The molecule has 0 heterocycles. The number of methoxy groups -OCH3 is 1. The number of carboxylic acids is 1. The summed E-state index contributed by atoms with van der Waals surface area (Å²) in [6.45, 7) is -0.688. The first-order valence-corrected chi connectivity index (χ1v) is 5.85. The number of benzene rings is 1. The molecular weight excluding hydrogens is 284 g/mol. The number of carboxylic acid groups (broad SMARTS) is 1. The predicted octanol–water partition coefficient (Wildman–Crippen LogP) is -1.35. The summed E-state index contributed by atoms with van der Waals surface area (Å²) < 4.78 is 4.83. The van der Waals surface area contributed by atoms with E-state index in [1.54, 1.807) is 18.2 Å². The van der Waals surface area contributed by atoms with Gasteiger partial charge in [0.1, 0.15) is 29.6 Å². The smallest absolute Gasteiger partial charge is 0.339 e. The highest BCUT2D eigenvalue weighted by Gasteiger charge is 2.22. The molecule has 0 saturated heterocycles. The fourth-order valence-corrected chi connectivity index (χ4v) is 1.24. The number of ether oxygens (including phenoxy) is 1. The normalized spacial score (nSPS) is 14.1. The second kappa shape index (κ2) is 9.83. The molecule has 118 valence electrons. The zero-order valence-electron chi connectivity index (χ0n) is 11.3. The van der Waals surface area contributed by atoms with E-state index in [2.05, 4.69) is 0 Å². The van der Waals surface area contributed by atoms with E-state index in [-0.39, 0.29) is 11.8 Å². The number of hydrogen-bond acceptors (Lipinski definition) is 7. The van der Waals surface area contributed by atoms with Gasteiger partial charge in [-0.25, -0.2) is 4.79 Å². The Morgan fingerprint density at radius 3 is 2.24 bits per heavy atom. The van der Waals surface area contributed by atoms with Crippen LogP contribution in [0.4, 0.5) is 0 Å². The van der Waals surface area contributed by atoms with Gasteiger partial charge in [0.2, 0.25) is 0 Å². The summed E-state index contributed by atoms with van der Waals surface area (Å²) in [4.78, 5) is 20.3. The Morgan fingerprint density at radius 1 is 1.29 bits per heavy atom. The van der Waals surface area contributed by atoms with Crippen LogP contribution in [-0.4, -0.2) is 69.8 Å². The van der Waals surface area contributed by atoms with Crippen molar-refractivity contribution in [2.75, 3.05) is 13.7 Å². The van der Waals surface area contributed by atoms with Crippen LogP contribution in [0.5, 0.6) is 5.75 Å². The fourth-order valence-electron chi connectivity index (χ4n) is 1.24. The molecule has 0 bridgehead atoms. The Kier molecular flexibility index (Phi) is 8.90. The minimum absolute atomic E-state index is 0.0869. The van der Waals surface area contributed by atoms with Crippen molar-refractivity contribution in [1.29, 1.82) is 0 Å². The van der Waals surface area contributed by atoms with Crippen molar-refractivity contribution in [2.24, 2.45) is 0 Å². The van der Waals surface area contributed by atoms with Crippen molar-refractivity contribution in [3.05, 3.63) is 29.8 Å². The number of aldehydes is 1. The summed E-state index contributed by atoms with van der Waals surface area (Å²) in [7, 11) is 1.45. The lowest BCUT2D eigenvalue weighted by molar-refractivity contribution is -0.127. The van der Waals surface area contributed by atoms with E-state index in [4.69, 9.17) is 30.3 Å². The first-order valence-electron chi connectivity index (χ1n) is 5.85. The highest BCUT2D eigenvalue weighted by Crippen LogP contribution is 2.16. The summed E-state index contributed by atoms with van der Waals surface area (Å²) in [5.41, 5.74) is 0.190. The number of aliphatic hydroxyl groups is 4. The van der Waals surface area contributed by atoms with Gasteiger partial charge in [0, 0.05) is 0 Å². The van der Waals surface area contributed by atoms with Crippen molar-refractivity contribution < 1.29 is 39.9 Å². The molecule has 1 rings (SSSR count). The summed E-state index contributed by atoms with van der Waals surface area (Å²) in [6, 6.07) is 6.50. The van der Waals surface area contributed by atoms with Crippen LogP contribution in [-0.2, 0) is 4.79 Å². The maximum absolute atomic E-state index is 10.5. The Labute approximate surface area is 120 Å². The quantitative estimate of drug-likeness (QED) is 0.406. The van der Waals surface area contributed by atoms with Crippen LogP contribution in [0.15, 0.2) is 24.3 Å². The van der Waals surface area contributed by atoms with Crippen molar-refractivity contribution in [1.82, 2.24) is 0 Å². The zero-order valence-corrected chi connectivity index (χ0v) is 11.3. The largest absolute Gasteiger partial charge is 0.496 e. The van der Waals surface area contributed by atoms with Gasteiger partial charge in [0.25, 0.3) is 0 Å². The lowest BCUT2D eigenvalue weighted by Gasteiger charge is -2.16. The van der Waals surface area contributed by atoms with E-state index in [0.717, 1.165) is 0 Å². The predicted molar refractivity (Wildman–Crippen MR) is 71.1 cm³/mol. The van der Waals surface area contributed by atoms with Crippen LogP contribution >= 0.6 is 0 Å². The topological polar surface area (TPSA) is 145 Å². The molecule has 8 nitrogen and oxygen atoms in total. The number of carbonyl (C=O) groups is 2. The third-order valence-corrected chi connectivity index (χ3v) is 2.41. The molecule has 1 aromatic rings. The van der Waals surface area contributed by atoms with Gasteiger partial charge in [-0.05, 0) is 12.1 Å². The Hall–Kier alpha value is -2.00. The van der Waals surface area contributed by atoms with Crippen LogP contribution in [0.25, 0.3) is 0 Å². The van der Waals surface area contributed by atoms with Crippen molar-refractivity contribution in [3.63, 3.8) is 0 Å². The summed E-state index contributed by atoms with van der Waals surface area (Å²) in [5.74, 6) is -0.581. The molecule has 0 unspecified atom stereocenters. The zero-order chi connectivity index (χ0) is 16.4. The van der Waals surface area contributed by atoms with Crippen molar-refractivity contribution in [2.45, 2.75) is 18.3 Å². The Bertz CT molecular complexity index is 448. The van der Waals surface area contributed by atoms with Gasteiger partial charge in [-0.2, -0.15) is 0 Å². The third kappa shape index (κ3) is 6.32. The lowest BCUT2D eigenvalue weighted by atomic mass is 10.1. The van der Waals surface area contributed by atoms with Crippen LogP contribution in [0, 0.1) is 0 Å². The molecule has 0 fully saturated rings. The van der Waals surface area contributed by atoms with Gasteiger partial charge in [-0.1, -0.05) is 12.1 Å². The number of para-hydroxylation sites is 1. The second-order valence-electron chi connectivity index (χ2n) is 3.87. The monoisotopic (exact) mass is 302 g/mol. The van der Waals surface area contributed by atoms with Gasteiger partial charge >= 0.3 is 5.97 Å². The number of rotatable bonds is 6. The number of hydrogen-bond donors (Lipinski definition) is 5. The first kappa shape index (κ1) is 19.0. The van der Waals surface area contributed by atoms with Gasteiger partial charge in [-0.15, -0.1) is 0 Å². The molecule has 1 aromatic carbocycles. The highest BCUT2D eigenvalue weighted by molar-refractivity contribution is 5.90. The molecule has 0 amide bonds. The molecule has 5 N–H and O–H groups in total. The molecule has 0 aromatic heterocycles. The van der Waals surface area contributed by atoms with E-state index in [0.29, 0.717) is 5.75 Å². The number of carbonyl (C=O) groups excluding carboxylic acids is 1. The van der Waals surface area contributed by atoms with Crippen LogP contribution in [0.3, 0.4) is 0 Å². The average Bonchev–Trinajstić information content (AvgIpc) is 2.52. The molecule has 0 aliphatic carbocycles. The van der Waals surface area contributed by atoms with Crippen molar-refractivity contribution in [3.8, 4) is 5.75 Å². The summed E-state index contributed by atoms with van der Waals surface area (Å²) in [6.07, 6.45) is -4.63. The SMILES string of the molecule is COc1ccccc1C(=O)O.O=C[C@@H](O)[C@H](O)[C@H](O)CO. The standard InChI is InChI=1S/C8H8O3.C5H10O5/c1-11-7-5-3-2-4-6(7)8(9)10;6-1-3(8)5(10)4(9)2-7/h2-5H,1H3,(H,9,10);1,3-5,7-10H,2H2/t;3-,4-,5+/m.1/s1. The Morgan fingerprint density at radius 2 is 1.86 bits per heavy atom. The van der Waals surface area contributed by atoms with Gasteiger partial charge < -0.3 is 35.1 Å². The minimum Gasteiger partial charge on any atom is -0.496 e. The Balaban J connectivity index is 0.000000384. The van der Waals surface area contributed by atoms with E-state index in [1.807, 2.05) is 0 Å². The minimum atomic E-state index is -1.64. The summed E-state index contributed by atoms with van der Waals surface area (Å²) in [5, 5.41) is 42.7. The van der Waals surface area contributed by atoms with E-state index in [1.165, 1.54) is 13.2 Å². The molecule has 3 atom stereocenters. The van der Waals surface area contributed by atoms with Crippen LogP contribution in [0.2, 0.25) is 0 Å². The average molecular weight is 302 g/mol. The molecule has 0 spiro atoms. The first-order chi connectivity index (χ1) is 9.88. The molecular formula is C13H18O8.